The molecular formula is C17H26N6O2. The molecule has 0 bridgehead atoms. The molecule has 8 heteroatoms. The van der Waals surface area contributed by atoms with Gasteiger partial charge in [0.1, 0.15) is 6.33 Å². The van der Waals surface area contributed by atoms with Crippen LogP contribution in [0.25, 0.3) is 11.2 Å². The molecule has 1 aliphatic heterocycles. The first-order valence-electron chi connectivity index (χ1n) is 9.27. The van der Waals surface area contributed by atoms with E-state index in [1.54, 1.807) is 9.24 Å². The maximum atomic E-state index is 13.0. The van der Waals surface area contributed by atoms with Crippen LogP contribution < -0.4 is 16.8 Å². The quantitative estimate of drug-likeness (QED) is 0.847. The first kappa shape index (κ1) is 16.4. The summed E-state index contributed by atoms with van der Waals surface area (Å²) in [5.41, 5.74) is 10.5. The molecule has 0 aromatic carbocycles. The van der Waals surface area contributed by atoms with Crippen molar-refractivity contribution in [2.24, 2.45) is 11.8 Å². The van der Waals surface area contributed by atoms with Crippen LogP contribution in [-0.4, -0.2) is 39.0 Å². The fourth-order valence-electron chi connectivity index (χ4n) is 4.03. The maximum Gasteiger partial charge on any atom is 0.349 e. The van der Waals surface area contributed by atoms with Crippen LogP contribution in [0.4, 0.5) is 5.82 Å². The van der Waals surface area contributed by atoms with Gasteiger partial charge in [0.05, 0.1) is 0 Å². The molecule has 8 nitrogen and oxygen atoms in total. The van der Waals surface area contributed by atoms with Crippen LogP contribution in [0, 0.1) is 11.8 Å². The molecule has 3 N–H and O–H groups in total. The minimum atomic E-state index is -0.105. The van der Waals surface area contributed by atoms with E-state index in [-0.39, 0.29) is 5.69 Å². The lowest BCUT2D eigenvalue weighted by Crippen LogP contribution is -2.34. The Labute approximate surface area is 146 Å². The van der Waals surface area contributed by atoms with Crippen LogP contribution in [-0.2, 0) is 11.3 Å². The number of aromatic nitrogens is 4. The monoisotopic (exact) mass is 346 g/mol. The van der Waals surface area contributed by atoms with Gasteiger partial charge in [-0.1, -0.05) is 12.8 Å². The van der Waals surface area contributed by atoms with Crippen molar-refractivity contribution < 1.29 is 4.74 Å². The topological polar surface area (TPSA) is 100.0 Å². The standard InChI is InChI=1S/C17H26N6O2/c18-15-14-16(20-11-19-15)22(10-13-5-7-25-8-6-13)17(24)23(14)21-9-12-3-1-2-4-12/h11-13,21H,1-10H2,(H2,18,19,20). The Morgan fingerprint density at radius 2 is 1.92 bits per heavy atom. The molecule has 1 aliphatic carbocycles. The van der Waals surface area contributed by atoms with E-state index >= 15 is 0 Å². The lowest BCUT2D eigenvalue weighted by atomic mass is 10.0. The highest BCUT2D eigenvalue weighted by atomic mass is 16.5. The number of nitrogens with one attached hydrogen (secondary N) is 1. The summed E-state index contributed by atoms with van der Waals surface area (Å²) >= 11 is 0. The number of fused-ring (bicyclic) bond motifs is 1. The van der Waals surface area contributed by atoms with Crippen LogP contribution in [0.15, 0.2) is 11.1 Å². The molecule has 2 aromatic rings. The van der Waals surface area contributed by atoms with Gasteiger partial charge in [-0.05, 0) is 37.5 Å². The van der Waals surface area contributed by atoms with Gasteiger partial charge in [0.25, 0.3) is 0 Å². The Balaban J connectivity index is 1.66. The summed E-state index contributed by atoms with van der Waals surface area (Å²) in [6, 6.07) is 0. The summed E-state index contributed by atoms with van der Waals surface area (Å²) in [5, 5.41) is 0. The van der Waals surface area contributed by atoms with Crippen LogP contribution >= 0.6 is 0 Å². The first-order chi connectivity index (χ1) is 12.2. The second-order valence-corrected chi connectivity index (χ2v) is 7.23. The molecule has 136 valence electrons. The van der Waals surface area contributed by atoms with Gasteiger partial charge < -0.3 is 15.9 Å². The highest BCUT2D eigenvalue weighted by Gasteiger charge is 2.23. The zero-order valence-electron chi connectivity index (χ0n) is 14.5. The second-order valence-electron chi connectivity index (χ2n) is 7.23. The predicted octanol–water partition coefficient (Wildman–Crippen LogP) is 1.34. The van der Waals surface area contributed by atoms with Crippen molar-refractivity contribution >= 4 is 17.0 Å². The molecule has 1 saturated carbocycles. The molecule has 1 saturated heterocycles. The summed E-state index contributed by atoms with van der Waals surface area (Å²) in [5.74, 6) is 1.38. The van der Waals surface area contributed by atoms with Crippen molar-refractivity contribution in [1.82, 2.24) is 19.2 Å². The molecule has 0 radical (unpaired) electrons. The molecule has 0 spiro atoms. The van der Waals surface area contributed by atoms with Crippen molar-refractivity contribution in [3.63, 3.8) is 0 Å². The van der Waals surface area contributed by atoms with Gasteiger partial charge >= 0.3 is 5.69 Å². The summed E-state index contributed by atoms with van der Waals surface area (Å²) in [6.07, 6.45) is 8.35. The number of anilines is 1. The third kappa shape index (κ3) is 3.22. The van der Waals surface area contributed by atoms with Crippen LogP contribution in [0.5, 0.6) is 0 Å². The van der Waals surface area contributed by atoms with Crippen LogP contribution in [0.3, 0.4) is 0 Å². The molecule has 0 unspecified atom stereocenters. The second kappa shape index (κ2) is 7.03. The largest absolute Gasteiger partial charge is 0.382 e. The van der Waals surface area contributed by atoms with Crippen molar-refractivity contribution in [2.45, 2.75) is 45.1 Å². The number of hydrogen-bond donors (Lipinski definition) is 2. The minimum Gasteiger partial charge on any atom is -0.382 e. The molecule has 2 aliphatic rings. The molecule has 4 rings (SSSR count). The van der Waals surface area contributed by atoms with Gasteiger partial charge in [-0.2, -0.15) is 0 Å². The van der Waals surface area contributed by atoms with E-state index in [0.717, 1.165) is 32.6 Å². The number of nitrogens with zero attached hydrogens (tertiary/aromatic N) is 4. The summed E-state index contributed by atoms with van der Waals surface area (Å²) in [7, 11) is 0. The van der Waals surface area contributed by atoms with E-state index in [9.17, 15) is 4.79 Å². The summed E-state index contributed by atoms with van der Waals surface area (Å²) in [6.45, 7) is 2.95. The highest BCUT2D eigenvalue weighted by molar-refractivity contribution is 5.82. The van der Waals surface area contributed by atoms with Gasteiger partial charge in [-0.25, -0.2) is 19.4 Å². The van der Waals surface area contributed by atoms with Crippen molar-refractivity contribution in [3.05, 3.63) is 16.8 Å². The Bertz CT molecular complexity index is 786. The lowest BCUT2D eigenvalue weighted by molar-refractivity contribution is 0.0612. The summed E-state index contributed by atoms with van der Waals surface area (Å²) < 4.78 is 8.72. The smallest absolute Gasteiger partial charge is 0.349 e. The average molecular weight is 346 g/mol. The van der Waals surface area contributed by atoms with E-state index < -0.39 is 0 Å². The van der Waals surface area contributed by atoms with E-state index in [1.807, 2.05) is 0 Å². The van der Waals surface area contributed by atoms with Crippen LogP contribution in [0.1, 0.15) is 38.5 Å². The zero-order chi connectivity index (χ0) is 17.2. The third-order valence-corrected chi connectivity index (χ3v) is 5.53. The maximum absolute atomic E-state index is 13.0. The Morgan fingerprint density at radius 3 is 2.68 bits per heavy atom. The number of imidazole rings is 1. The van der Waals surface area contributed by atoms with Crippen molar-refractivity contribution in [1.29, 1.82) is 0 Å². The Morgan fingerprint density at radius 1 is 1.16 bits per heavy atom. The van der Waals surface area contributed by atoms with Crippen molar-refractivity contribution in [3.8, 4) is 0 Å². The molecule has 2 fully saturated rings. The molecule has 0 atom stereocenters. The predicted molar refractivity (Wildman–Crippen MR) is 95.9 cm³/mol. The Kier molecular flexibility index (Phi) is 4.61. The van der Waals surface area contributed by atoms with E-state index in [4.69, 9.17) is 10.5 Å². The SMILES string of the molecule is Nc1ncnc2c1n(NCC1CCCC1)c(=O)n2CC1CCOCC1. The first-order valence-corrected chi connectivity index (χ1v) is 9.27. The number of nitrogens with two attached hydrogens (primary N) is 1. The Hall–Kier alpha value is -2.09. The number of rotatable bonds is 5. The van der Waals surface area contributed by atoms with Gasteiger partial charge in [0.15, 0.2) is 17.0 Å². The fraction of sp³-hybridized carbons (Fsp3) is 0.706. The molecule has 0 amide bonds. The van der Waals surface area contributed by atoms with Gasteiger partial charge in [0.2, 0.25) is 0 Å². The fourth-order valence-corrected chi connectivity index (χ4v) is 4.03. The molecule has 2 aromatic heterocycles. The average Bonchev–Trinajstić information content (AvgIpc) is 3.23. The van der Waals surface area contributed by atoms with E-state index in [1.165, 1.54) is 32.0 Å². The lowest BCUT2D eigenvalue weighted by Gasteiger charge is -2.21. The summed E-state index contributed by atoms with van der Waals surface area (Å²) in [4.78, 5) is 21.5. The molecule has 3 heterocycles. The van der Waals surface area contributed by atoms with Crippen LogP contribution in [0.2, 0.25) is 0 Å². The minimum absolute atomic E-state index is 0.105. The third-order valence-electron chi connectivity index (χ3n) is 5.53. The number of ether oxygens (including phenoxy) is 1. The highest BCUT2D eigenvalue weighted by Crippen LogP contribution is 2.25. The normalized spacial score (nSPS) is 19.7. The molecular weight excluding hydrogens is 320 g/mol. The number of nitrogen functional groups attached to an aromatic ring is 1. The number of hydrogen-bond acceptors (Lipinski definition) is 6. The van der Waals surface area contributed by atoms with Gasteiger partial charge in [-0.15, -0.1) is 0 Å². The zero-order valence-corrected chi connectivity index (χ0v) is 14.5. The van der Waals surface area contributed by atoms with E-state index in [0.29, 0.717) is 35.4 Å². The van der Waals surface area contributed by atoms with Gasteiger partial charge in [0, 0.05) is 26.3 Å². The van der Waals surface area contributed by atoms with Crippen molar-refractivity contribution in [2.75, 3.05) is 30.9 Å². The molecule has 25 heavy (non-hydrogen) atoms. The van der Waals surface area contributed by atoms with E-state index in [2.05, 4.69) is 15.4 Å². The van der Waals surface area contributed by atoms with Gasteiger partial charge in [-0.3, -0.25) is 4.57 Å².